The molecule has 0 bridgehead atoms. The third kappa shape index (κ3) is 7.72. The number of unbranched alkanes of at least 4 members (excludes halogenated alkanes) is 2. The fourth-order valence-corrected chi connectivity index (χ4v) is 1.59. The molecule has 0 aromatic rings. The number of ether oxygens (including phenoxy) is 1. The molecule has 0 rings (SSSR count). The normalized spacial score (nSPS) is 9.61. The largest absolute Gasteiger partial charge is 0.465 e. The molecule has 0 atom stereocenters. The summed E-state index contributed by atoms with van der Waals surface area (Å²) in [6.07, 6.45) is 8.73. The SMILES string of the molecule is C#CCCCCC(=O)N(CCC)CC(=O)OCC. The number of terminal acetylenes is 1. The maximum atomic E-state index is 11.9. The molecule has 0 aromatic carbocycles. The van der Waals surface area contributed by atoms with E-state index >= 15 is 0 Å². The lowest BCUT2D eigenvalue weighted by Gasteiger charge is -2.20. The van der Waals surface area contributed by atoms with Crippen LogP contribution in [0.15, 0.2) is 0 Å². The molecule has 1 amide bonds. The van der Waals surface area contributed by atoms with Gasteiger partial charge in [-0.15, -0.1) is 12.3 Å². The van der Waals surface area contributed by atoms with Crippen LogP contribution in [0.25, 0.3) is 0 Å². The molecule has 0 fully saturated rings. The lowest BCUT2D eigenvalue weighted by Crippen LogP contribution is -2.36. The van der Waals surface area contributed by atoms with Crippen molar-refractivity contribution in [2.75, 3.05) is 19.7 Å². The smallest absolute Gasteiger partial charge is 0.325 e. The highest BCUT2D eigenvalue weighted by Gasteiger charge is 2.16. The fraction of sp³-hybridized carbons (Fsp3) is 0.714. The molecule has 4 heteroatoms. The van der Waals surface area contributed by atoms with Gasteiger partial charge >= 0.3 is 5.97 Å². The number of amides is 1. The zero-order valence-electron chi connectivity index (χ0n) is 11.4. The van der Waals surface area contributed by atoms with Crippen LogP contribution in [0.5, 0.6) is 0 Å². The van der Waals surface area contributed by atoms with Gasteiger partial charge < -0.3 is 9.64 Å². The van der Waals surface area contributed by atoms with Gasteiger partial charge in [-0.05, 0) is 26.2 Å². The van der Waals surface area contributed by atoms with E-state index in [1.165, 1.54) is 0 Å². The van der Waals surface area contributed by atoms with Crippen molar-refractivity contribution in [1.82, 2.24) is 4.90 Å². The van der Waals surface area contributed by atoms with Crippen LogP contribution >= 0.6 is 0 Å². The summed E-state index contributed by atoms with van der Waals surface area (Å²) in [5.41, 5.74) is 0. The van der Waals surface area contributed by atoms with Crippen molar-refractivity contribution in [2.24, 2.45) is 0 Å². The first-order chi connectivity index (χ1) is 8.65. The van der Waals surface area contributed by atoms with Crippen LogP contribution in [-0.4, -0.2) is 36.5 Å². The van der Waals surface area contributed by atoms with Gasteiger partial charge in [-0.25, -0.2) is 0 Å². The van der Waals surface area contributed by atoms with Gasteiger partial charge in [0, 0.05) is 19.4 Å². The zero-order valence-corrected chi connectivity index (χ0v) is 11.4. The van der Waals surface area contributed by atoms with E-state index in [0.717, 1.165) is 19.3 Å². The van der Waals surface area contributed by atoms with Gasteiger partial charge in [-0.3, -0.25) is 9.59 Å². The third-order valence-corrected chi connectivity index (χ3v) is 2.43. The third-order valence-electron chi connectivity index (χ3n) is 2.43. The second-order valence-electron chi connectivity index (χ2n) is 4.03. The minimum atomic E-state index is -0.345. The average molecular weight is 253 g/mol. The summed E-state index contributed by atoms with van der Waals surface area (Å²) < 4.78 is 4.85. The standard InChI is InChI=1S/C14H23NO3/c1-4-7-8-9-10-13(16)15(11-5-2)12-14(17)18-6-3/h1H,5-12H2,2-3H3. The summed E-state index contributed by atoms with van der Waals surface area (Å²) in [5.74, 6) is 2.20. The Morgan fingerprint density at radius 1 is 1.28 bits per heavy atom. The molecule has 102 valence electrons. The molecule has 0 saturated heterocycles. The van der Waals surface area contributed by atoms with E-state index in [0.29, 0.717) is 26.0 Å². The molecular weight excluding hydrogens is 230 g/mol. The molecule has 0 radical (unpaired) electrons. The molecular formula is C14H23NO3. The number of esters is 1. The predicted octanol–water partition coefficient (Wildman–Crippen LogP) is 1.98. The van der Waals surface area contributed by atoms with Crippen molar-refractivity contribution in [3.63, 3.8) is 0 Å². The Labute approximate surface area is 110 Å². The average Bonchev–Trinajstić information content (AvgIpc) is 2.34. The van der Waals surface area contributed by atoms with Crippen LogP contribution < -0.4 is 0 Å². The number of carbonyl (C=O) groups is 2. The first-order valence-electron chi connectivity index (χ1n) is 6.52. The van der Waals surface area contributed by atoms with Gasteiger partial charge in [-0.1, -0.05) is 6.92 Å². The van der Waals surface area contributed by atoms with E-state index < -0.39 is 0 Å². The Morgan fingerprint density at radius 2 is 2.00 bits per heavy atom. The van der Waals surface area contributed by atoms with Gasteiger partial charge in [0.15, 0.2) is 0 Å². The molecule has 4 nitrogen and oxygen atoms in total. The highest BCUT2D eigenvalue weighted by Crippen LogP contribution is 2.04. The zero-order chi connectivity index (χ0) is 13.8. The maximum absolute atomic E-state index is 11.9. The number of nitrogens with zero attached hydrogens (tertiary/aromatic N) is 1. The van der Waals surface area contributed by atoms with E-state index in [1.54, 1.807) is 11.8 Å². The van der Waals surface area contributed by atoms with Gasteiger partial charge in [0.1, 0.15) is 6.54 Å². The first-order valence-corrected chi connectivity index (χ1v) is 6.52. The summed E-state index contributed by atoms with van der Waals surface area (Å²) in [5, 5.41) is 0. The number of rotatable bonds is 9. The lowest BCUT2D eigenvalue weighted by molar-refractivity contribution is -0.149. The minimum Gasteiger partial charge on any atom is -0.465 e. The highest BCUT2D eigenvalue weighted by molar-refractivity contribution is 5.82. The molecule has 0 aliphatic carbocycles. The molecule has 0 aliphatic rings. The Morgan fingerprint density at radius 3 is 2.56 bits per heavy atom. The Balaban J connectivity index is 4.10. The summed E-state index contributed by atoms with van der Waals surface area (Å²) in [7, 11) is 0. The van der Waals surface area contributed by atoms with Crippen LogP contribution in [0.3, 0.4) is 0 Å². The van der Waals surface area contributed by atoms with Crippen LogP contribution in [0.2, 0.25) is 0 Å². The topological polar surface area (TPSA) is 46.6 Å². The van der Waals surface area contributed by atoms with Crippen molar-refractivity contribution in [2.45, 2.75) is 46.0 Å². The summed E-state index contributed by atoms with van der Waals surface area (Å²) in [4.78, 5) is 24.8. The van der Waals surface area contributed by atoms with Crippen molar-refractivity contribution < 1.29 is 14.3 Å². The number of carbonyl (C=O) groups excluding carboxylic acids is 2. The Hall–Kier alpha value is -1.50. The molecule has 0 aliphatic heterocycles. The van der Waals surface area contributed by atoms with Crippen molar-refractivity contribution in [1.29, 1.82) is 0 Å². The maximum Gasteiger partial charge on any atom is 0.325 e. The molecule has 18 heavy (non-hydrogen) atoms. The van der Waals surface area contributed by atoms with Crippen molar-refractivity contribution in [3.8, 4) is 12.3 Å². The molecule has 0 heterocycles. The van der Waals surface area contributed by atoms with Gasteiger partial charge in [-0.2, -0.15) is 0 Å². The quantitative estimate of drug-likeness (QED) is 0.358. The second kappa shape index (κ2) is 10.6. The lowest BCUT2D eigenvalue weighted by atomic mass is 10.2. The Kier molecular flexibility index (Phi) is 9.75. The molecule has 0 N–H and O–H groups in total. The van der Waals surface area contributed by atoms with Gasteiger partial charge in [0.25, 0.3) is 0 Å². The molecule has 0 aromatic heterocycles. The van der Waals surface area contributed by atoms with E-state index in [2.05, 4.69) is 5.92 Å². The van der Waals surface area contributed by atoms with Crippen molar-refractivity contribution in [3.05, 3.63) is 0 Å². The van der Waals surface area contributed by atoms with Crippen LogP contribution in [0, 0.1) is 12.3 Å². The van der Waals surface area contributed by atoms with Crippen molar-refractivity contribution >= 4 is 11.9 Å². The van der Waals surface area contributed by atoms with Crippen LogP contribution in [0.4, 0.5) is 0 Å². The summed E-state index contributed by atoms with van der Waals surface area (Å²) in [6.45, 7) is 4.71. The first kappa shape index (κ1) is 16.5. The Bertz CT molecular complexity index is 294. The summed E-state index contributed by atoms with van der Waals surface area (Å²) in [6, 6.07) is 0. The van der Waals surface area contributed by atoms with Crippen LogP contribution in [-0.2, 0) is 14.3 Å². The molecule has 0 spiro atoms. The highest BCUT2D eigenvalue weighted by atomic mass is 16.5. The fourth-order valence-electron chi connectivity index (χ4n) is 1.59. The number of hydrogen-bond acceptors (Lipinski definition) is 3. The molecule has 0 unspecified atom stereocenters. The minimum absolute atomic E-state index is 0.00178. The van der Waals surface area contributed by atoms with Gasteiger partial charge in [0.05, 0.1) is 6.61 Å². The van der Waals surface area contributed by atoms with Crippen LogP contribution in [0.1, 0.15) is 46.0 Å². The van der Waals surface area contributed by atoms with E-state index in [9.17, 15) is 9.59 Å². The predicted molar refractivity (Wildman–Crippen MR) is 70.8 cm³/mol. The summed E-state index contributed by atoms with van der Waals surface area (Å²) >= 11 is 0. The molecule has 0 saturated carbocycles. The monoisotopic (exact) mass is 253 g/mol. The number of hydrogen-bond donors (Lipinski definition) is 0. The van der Waals surface area contributed by atoms with Gasteiger partial charge in [0.2, 0.25) is 5.91 Å². The van der Waals surface area contributed by atoms with E-state index in [-0.39, 0.29) is 18.4 Å². The van der Waals surface area contributed by atoms with E-state index in [1.807, 2.05) is 6.92 Å². The second-order valence-corrected chi connectivity index (χ2v) is 4.03. The van der Waals surface area contributed by atoms with E-state index in [4.69, 9.17) is 11.2 Å².